The smallest absolute Gasteiger partial charge is 0.277 e. The van der Waals surface area contributed by atoms with Crippen LogP contribution in [0, 0.1) is 29.1 Å². The van der Waals surface area contributed by atoms with Crippen LogP contribution in [0.3, 0.4) is 0 Å². The number of halogens is 1. The van der Waals surface area contributed by atoms with Crippen molar-refractivity contribution in [3.63, 3.8) is 0 Å². The highest BCUT2D eigenvalue weighted by Crippen LogP contribution is 2.58. The number of nitrogens with two attached hydrogens (primary N) is 1. The van der Waals surface area contributed by atoms with Crippen molar-refractivity contribution in [3.05, 3.63) is 32.4 Å². The van der Waals surface area contributed by atoms with Crippen LogP contribution in [0.25, 0.3) is 0 Å². The first-order valence-corrected chi connectivity index (χ1v) is 15.2. The largest absolute Gasteiger partial charge is 0.365 e. The van der Waals surface area contributed by atoms with Crippen molar-refractivity contribution in [2.45, 2.75) is 90.5 Å². The molecule has 2 amide bonds. The highest BCUT2D eigenvalue weighted by Gasteiger charge is 2.52. The van der Waals surface area contributed by atoms with E-state index in [1.165, 1.54) is 54.7 Å². The molecular weight excluding hydrogens is 536 g/mol. The highest BCUT2D eigenvalue weighted by atomic mass is 79.9. The Morgan fingerprint density at radius 2 is 1.86 bits per heavy atom. The lowest BCUT2D eigenvalue weighted by molar-refractivity contribution is -0.0495. The van der Waals surface area contributed by atoms with Gasteiger partial charge < -0.3 is 11.1 Å². The zero-order valence-corrected chi connectivity index (χ0v) is 23.9. The molecule has 4 bridgehead atoms. The van der Waals surface area contributed by atoms with E-state index in [0.29, 0.717) is 26.6 Å². The summed E-state index contributed by atoms with van der Waals surface area (Å²) in [4.78, 5) is 27.1. The third-order valence-corrected chi connectivity index (χ3v) is 11.9. The van der Waals surface area contributed by atoms with E-state index in [2.05, 4.69) is 46.7 Å². The molecule has 194 valence electrons. The molecule has 0 saturated heterocycles. The van der Waals surface area contributed by atoms with Gasteiger partial charge >= 0.3 is 0 Å². The number of aromatic nitrogens is 2. The van der Waals surface area contributed by atoms with Crippen LogP contribution in [0.4, 0.5) is 5.00 Å². The Labute approximate surface area is 225 Å². The molecule has 4 fully saturated rings. The van der Waals surface area contributed by atoms with E-state index in [1.807, 2.05) is 6.20 Å². The van der Waals surface area contributed by atoms with Crippen molar-refractivity contribution in [1.29, 1.82) is 0 Å². The van der Waals surface area contributed by atoms with E-state index in [0.717, 1.165) is 49.0 Å². The zero-order chi connectivity index (χ0) is 25.4. The number of thiophene rings is 1. The number of primary amides is 1. The van der Waals surface area contributed by atoms with Crippen LogP contribution in [0.15, 0.2) is 10.7 Å². The number of nitrogens with one attached hydrogen (secondary N) is 1. The maximum absolute atomic E-state index is 13.5. The van der Waals surface area contributed by atoms with Gasteiger partial charge in [-0.1, -0.05) is 27.2 Å². The number of fused-ring (bicyclic) bond motifs is 1. The Bertz CT molecular complexity index is 1190. The number of carbonyl (C=O) groups is 2. The van der Waals surface area contributed by atoms with Crippen LogP contribution in [-0.4, -0.2) is 21.6 Å². The first-order valence-electron chi connectivity index (χ1n) is 13.6. The number of amides is 2. The molecule has 5 aliphatic rings. The average molecular weight is 574 g/mol. The summed E-state index contributed by atoms with van der Waals surface area (Å²) in [6.45, 7) is 6.89. The summed E-state index contributed by atoms with van der Waals surface area (Å²) in [5.74, 6) is 2.21. The first-order chi connectivity index (χ1) is 17.1. The lowest BCUT2D eigenvalue weighted by Crippen LogP contribution is -2.52. The molecule has 0 aromatic carbocycles. The van der Waals surface area contributed by atoms with Gasteiger partial charge in [-0.15, -0.1) is 11.3 Å². The lowest BCUT2D eigenvalue weighted by Gasteiger charge is -2.56. The average Bonchev–Trinajstić information content (AvgIpc) is 3.38. The molecule has 6 nitrogen and oxygen atoms in total. The van der Waals surface area contributed by atoms with Crippen LogP contribution in [-0.2, 0) is 18.4 Å². The topological polar surface area (TPSA) is 90.0 Å². The van der Waals surface area contributed by atoms with Crippen LogP contribution in [0.5, 0.6) is 0 Å². The van der Waals surface area contributed by atoms with Crippen molar-refractivity contribution in [2.75, 3.05) is 5.32 Å². The van der Waals surface area contributed by atoms with Crippen LogP contribution < -0.4 is 11.1 Å². The minimum Gasteiger partial charge on any atom is -0.365 e. The van der Waals surface area contributed by atoms with Gasteiger partial charge in [0.2, 0.25) is 0 Å². The zero-order valence-electron chi connectivity index (χ0n) is 21.5. The molecule has 0 aliphatic heterocycles. The molecule has 36 heavy (non-hydrogen) atoms. The summed E-state index contributed by atoms with van der Waals surface area (Å²) in [6.07, 6.45) is 13.5. The third-order valence-electron chi connectivity index (χ3n) is 10.1. The van der Waals surface area contributed by atoms with E-state index in [-0.39, 0.29) is 16.9 Å². The number of rotatable bonds is 6. The minimum absolute atomic E-state index is 0.0529. The molecule has 5 aliphatic carbocycles. The Hall–Kier alpha value is -1.67. The van der Waals surface area contributed by atoms with Gasteiger partial charge in [-0.3, -0.25) is 14.3 Å². The molecule has 0 radical (unpaired) electrons. The molecule has 3 N–H and O–H groups in total. The van der Waals surface area contributed by atoms with Gasteiger partial charge in [0, 0.05) is 11.1 Å². The second kappa shape index (κ2) is 8.69. The quantitative estimate of drug-likeness (QED) is 0.412. The molecule has 2 heterocycles. The number of anilines is 1. The standard InChI is InChI=1S/C28H37BrN4O2S/c1-4-27(2,3)18-5-6-19-21(10-18)36-26(22(19)24(30)34)31-25(35)23-20(29)14-33(32-23)28-11-15-7-16(12-28)9-17(8-15)13-28/h14-18H,4-13H2,1-3H3,(H2,30,34)(H,31,35)/t15?,16?,17?,18-,28?/m0/s1. The number of hydrogen-bond acceptors (Lipinski definition) is 4. The minimum atomic E-state index is -0.464. The van der Waals surface area contributed by atoms with Gasteiger partial charge in [0.1, 0.15) is 5.00 Å². The van der Waals surface area contributed by atoms with Crippen LogP contribution in [0.2, 0.25) is 0 Å². The van der Waals surface area contributed by atoms with E-state index in [4.69, 9.17) is 10.8 Å². The number of carbonyl (C=O) groups excluding carboxylic acids is 2. The predicted octanol–water partition coefficient (Wildman–Crippen LogP) is 6.52. The molecule has 2 aromatic heterocycles. The number of hydrogen-bond donors (Lipinski definition) is 2. The normalized spacial score (nSPS) is 30.9. The lowest BCUT2D eigenvalue weighted by atomic mass is 9.53. The Morgan fingerprint density at radius 3 is 2.44 bits per heavy atom. The Morgan fingerprint density at radius 1 is 1.22 bits per heavy atom. The summed E-state index contributed by atoms with van der Waals surface area (Å²) >= 11 is 5.14. The van der Waals surface area contributed by atoms with E-state index in [1.54, 1.807) is 0 Å². The van der Waals surface area contributed by atoms with Crippen molar-refractivity contribution < 1.29 is 9.59 Å². The monoisotopic (exact) mass is 572 g/mol. The fraction of sp³-hybridized carbons (Fsp3) is 0.679. The maximum Gasteiger partial charge on any atom is 0.277 e. The van der Waals surface area contributed by atoms with Crippen molar-refractivity contribution in [3.8, 4) is 0 Å². The van der Waals surface area contributed by atoms with Gasteiger partial charge in [0.05, 0.1) is 15.6 Å². The molecule has 2 aromatic rings. The second-order valence-electron chi connectivity index (χ2n) is 12.7. The van der Waals surface area contributed by atoms with Crippen molar-refractivity contribution >= 4 is 44.1 Å². The fourth-order valence-corrected chi connectivity index (χ4v) is 9.93. The summed E-state index contributed by atoms with van der Waals surface area (Å²) in [7, 11) is 0. The van der Waals surface area contributed by atoms with E-state index < -0.39 is 5.91 Å². The molecule has 0 spiro atoms. The summed E-state index contributed by atoms with van der Waals surface area (Å²) in [6, 6.07) is 0. The second-order valence-corrected chi connectivity index (χ2v) is 14.7. The molecule has 8 heteroatoms. The molecular formula is C28H37BrN4O2S. The molecule has 7 rings (SSSR count). The third kappa shape index (κ3) is 3.98. The first kappa shape index (κ1) is 24.7. The molecule has 0 unspecified atom stereocenters. The number of nitrogens with zero attached hydrogens (tertiary/aromatic N) is 2. The van der Waals surface area contributed by atoms with Gasteiger partial charge in [0.25, 0.3) is 11.8 Å². The molecule has 1 atom stereocenters. The van der Waals surface area contributed by atoms with Gasteiger partial charge in [-0.25, -0.2) is 0 Å². The van der Waals surface area contributed by atoms with Crippen LogP contribution >= 0.6 is 27.3 Å². The van der Waals surface area contributed by atoms with Crippen LogP contribution in [0.1, 0.15) is 103 Å². The SMILES string of the molecule is CCC(C)(C)[C@H]1CCc2c(sc(NC(=O)c3nn(C45CC6CC(CC(C6)C4)C5)cc3Br)c2C(N)=O)C1. The summed E-state index contributed by atoms with van der Waals surface area (Å²) in [5.41, 5.74) is 8.04. The molecule has 4 saturated carbocycles. The van der Waals surface area contributed by atoms with E-state index in [9.17, 15) is 9.59 Å². The van der Waals surface area contributed by atoms with E-state index >= 15 is 0 Å². The van der Waals surface area contributed by atoms with Crippen molar-refractivity contribution in [1.82, 2.24) is 9.78 Å². The van der Waals surface area contributed by atoms with Gasteiger partial charge in [-0.05, 0) is 108 Å². The summed E-state index contributed by atoms with van der Waals surface area (Å²) < 4.78 is 2.81. The Kier molecular flexibility index (Phi) is 5.95. The fourth-order valence-electron chi connectivity index (χ4n) is 8.15. The highest BCUT2D eigenvalue weighted by molar-refractivity contribution is 9.10. The Balaban J connectivity index is 1.26. The predicted molar refractivity (Wildman–Crippen MR) is 146 cm³/mol. The van der Waals surface area contributed by atoms with Crippen molar-refractivity contribution in [2.24, 2.45) is 34.8 Å². The van der Waals surface area contributed by atoms with Gasteiger partial charge in [-0.2, -0.15) is 5.10 Å². The van der Waals surface area contributed by atoms with Gasteiger partial charge in [0.15, 0.2) is 5.69 Å². The summed E-state index contributed by atoms with van der Waals surface area (Å²) in [5, 5.41) is 8.46. The maximum atomic E-state index is 13.5.